The summed E-state index contributed by atoms with van der Waals surface area (Å²) in [6.45, 7) is 0.0845. The first-order valence-corrected chi connectivity index (χ1v) is 9.27. The van der Waals surface area contributed by atoms with E-state index in [0.717, 1.165) is 11.3 Å². The van der Waals surface area contributed by atoms with Crippen molar-refractivity contribution in [3.63, 3.8) is 0 Å². The average molecular weight is 371 g/mol. The molecule has 1 aromatic heterocycles. The van der Waals surface area contributed by atoms with Crippen LogP contribution in [0.2, 0.25) is 0 Å². The summed E-state index contributed by atoms with van der Waals surface area (Å²) in [4.78, 5) is 12.2. The van der Waals surface area contributed by atoms with Crippen LogP contribution in [0.4, 0.5) is 0 Å². The van der Waals surface area contributed by atoms with Gasteiger partial charge < -0.3 is 4.74 Å². The second-order valence-corrected chi connectivity index (χ2v) is 7.32. The first kappa shape index (κ1) is 17.8. The van der Waals surface area contributed by atoms with E-state index in [4.69, 9.17) is 4.74 Å². The molecule has 0 radical (unpaired) electrons. The Labute approximate surface area is 151 Å². The Balaban J connectivity index is 1.67. The molecule has 1 N–H and O–H groups in total. The minimum absolute atomic E-state index is 0.0121. The van der Waals surface area contributed by atoms with Crippen molar-refractivity contribution < 1.29 is 17.9 Å². The van der Waals surface area contributed by atoms with Crippen molar-refractivity contribution >= 4 is 16.0 Å². The standard InChI is InChI=1S/C18H17N3O4S/c1-19-26(23,24)17-5-2-4-15(12-17)18(22)25-13-14-6-8-16(9-7-14)21-11-3-10-20-21/h2-12,19H,13H2,1H3. The summed E-state index contributed by atoms with van der Waals surface area (Å²) in [6.07, 6.45) is 3.53. The van der Waals surface area contributed by atoms with Crippen LogP contribution in [-0.4, -0.2) is 31.2 Å². The average Bonchev–Trinajstić information content (AvgIpc) is 3.21. The molecule has 0 fully saturated rings. The molecule has 0 spiro atoms. The highest BCUT2D eigenvalue weighted by atomic mass is 32.2. The molecule has 0 saturated carbocycles. The maximum atomic E-state index is 12.2. The van der Waals surface area contributed by atoms with Crippen LogP contribution in [-0.2, 0) is 21.4 Å². The molecular formula is C18H17N3O4S. The number of carbonyl (C=O) groups excluding carboxylic acids is 1. The van der Waals surface area contributed by atoms with Gasteiger partial charge in [0.2, 0.25) is 10.0 Å². The van der Waals surface area contributed by atoms with Crippen LogP contribution in [0.1, 0.15) is 15.9 Å². The lowest BCUT2D eigenvalue weighted by molar-refractivity contribution is 0.0472. The molecule has 1 heterocycles. The number of hydrogen-bond acceptors (Lipinski definition) is 5. The summed E-state index contributed by atoms with van der Waals surface area (Å²) >= 11 is 0. The third-order valence-corrected chi connectivity index (χ3v) is 5.14. The monoisotopic (exact) mass is 371 g/mol. The maximum Gasteiger partial charge on any atom is 0.338 e. The minimum atomic E-state index is -3.61. The van der Waals surface area contributed by atoms with Crippen LogP contribution < -0.4 is 4.72 Å². The number of nitrogens with zero attached hydrogens (tertiary/aromatic N) is 2. The smallest absolute Gasteiger partial charge is 0.338 e. The van der Waals surface area contributed by atoms with E-state index in [2.05, 4.69) is 9.82 Å². The number of nitrogens with one attached hydrogen (secondary N) is 1. The largest absolute Gasteiger partial charge is 0.457 e. The number of ether oxygens (including phenoxy) is 1. The van der Waals surface area contributed by atoms with E-state index in [-0.39, 0.29) is 17.1 Å². The van der Waals surface area contributed by atoms with E-state index in [1.807, 2.05) is 36.5 Å². The number of benzene rings is 2. The van der Waals surface area contributed by atoms with E-state index < -0.39 is 16.0 Å². The number of sulfonamides is 1. The molecule has 0 saturated heterocycles. The first-order valence-electron chi connectivity index (χ1n) is 7.79. The summed E-state index contributed by atoms with van der Waals surface area (Å²) in [5.74, 6) is -0.589. The van der Waals surface area contributed by atoms with Crippen LogP contribution in [0.3, 0.4) is 0 Å². The van der Waals surface area contributed by atoms with Gasteiger partial charge in [-0.2, -0.15) is 5.10 Å². The molecule has 8 heteroatoms. The molecule has 0 aliphatic carbocycles. The van der Waals surface area contributed by atoms with Gasteiger partial charge in [0, 0.05) is 12.4 Å². The number of hydrogen-bond donors (Lipinski definition) is 1. The Kier molecular flexibility index (Phi) is 5.15. The highest BCUT2D eigenvalue weighted by Crippen LogP contribution is 2.14. The van der Waals surface area contributed by atoms with Crippen molar-refractivity contribution in [2.45, 2.75) is 11.5 Å². The van der Waals surface area contributed by atoms with Gasteiger partial charge in [0.05, 0.1) is 16.1 Å². The van der Waals surface area contributed by atoms with Crippen molar-refractivity contribution in [1.82, 2.24) is 14.5 Å². The third kappa shape index (κ3) is 3.98. The molecule has 0 unspecified atom stereocenters. The van der Waals surface area contributed by atoms with Crippen molar-refractivity contribution in [3.8, 4) is 5.69 Å². The van der Waals surface area contributed by atoms with Crippen LogP contribution in [0.5, 0.6) is 0 Å². The van der Waals surface area contributed by atoms with Crippen molar-refractivity contribution in [1.29, 1.82) is 0 Å². The summed E-state index contributed by atoms with van der Waals surface area (Å²) in [5.41, 5.74) is 1.89. The van der Waals surface area contributed by atoms with E-state index in [1.54, 1.807) is 10.9 Å². The van der Waals surface area contributed by atoms with E-state index in [0.29, 0.717) is 0 Å². The summed E-state index contributed by atoms with van der Waals surface area (Å²) in [5, 5.41) is 4.14. The van der Waals surface area contributed by atoms with Gasteiger partial charge in [-0.25, -0.2) is 22.6 Å². The minimum Gasteiger partial charge on any atom is -0.457 e. The molecular weight excluding hydrogens is 354 g/mol. The summed E-state index contributed by atoms with van der Waals surface area (Å²) in [7, 11) is -2.30. The predicted molar refractivity (Wildman–Crippen MR) is 95.4 cm³/mol. The van der Waals surface area contributed by atoms with Gasteiger partial charge in [-0.1, -0.05) is 18.2 Å². The zero-order valence-corrected chi connectivity index (χ0v) is 14.8. The molecule has 7 nitrogen and oxygen atoms in total. The van der Waals surface area contributed by atoms with Gasteiger partial charge in [-0.15, -0.1) is 0 Å². The SMILES string of the molecule is CNS(=O)(=O)c1cccc(C(=O)OCc2ccc(-n3cccn3)cc2)c1. The Bertz CT molecular complexity index is 997. The summed E-state index contributed by atoms with van der Waals surface area (Å²) < 4.78 is 32.8. The fourth-order valence-corrected chi connectivity index (χ4v) is 3.08. The second-order valence-electron chi connectivity index (χ2n) is 5.43. The zero-order chi connectivity index (χ0) is 18.6. The molecule has 0 atom stereocenters. The van der Waals surface area contributed by atoms with Crippen LogP contribution in [0, 0.1) is 0 Å². The maximum absolute atomic E-state index is 12.2. The molecule has 26 heavy (non-hydrogen) atoms. The Morgan fingerprint density at radius 2 is 1.92 bits per heavy atom. The van der Waals surface area contributed by atoms with E-state index in [9.17, 15) is 13.2 Å². The molecule has 2 aromatic carbocycles. The highest BCUT2D eigenvalue weighted by Gasteiger charge is 2.15. The first-order chi connectivity index (χ1) is 12.5. The fourth-order valence-electron chi connectivity index (χ4n) is 2.31. The normalized spacial score (nSPS) is 11.3. The van der Waals surface area contributed by atoms with Gasteiger partial charge in [0.1, 0.15) is 6.61 Å². The van der Waals surface area contributed by atoms with Gasteiger partial charge in [0.25, 0.3) is 0 Å². The lowest BCUT2D eigenvalue weighted by Gasteiger charge is -2.08. The number of aromatic nitrogens is 2. The Morgan fingerprint density at radius 3 is 2.58 bits per heavy atom. The van der Waals surface area contributed by atoms with Crippen LogP contribution in [0.15, 0.2) is 71.9 Å². The van der Waals surface area contributed by atoms with Gasteiger partial charge in [0.15, 0.2) is 0 Å². The molecule has 0 aliphatic rings. The molecule has 3 rings (SSSR count). The molecule has 0 bridgehead atoms. The lowest BCUT2D eigenvalue weighted by atomic mass is 10.2. The predicted octanol–water partition coefficient (Wildman–Crippen LogP) is 2.14. The van der Waals surface area contributed by atoms with Crippen molar-refractivity contribution in [2.75, 3.05) is 7.05 Å². The van der Waals surface area contributed by atoms with Crippen LogP contribution in [0.25, 0.3) is 5.69 Å². The van der Waals surface area contributed by atoms with Crippen molar-refractivity contribution in [3.05, 3.63) is 78.1 Å². The van der Waals surface area contributed by atoms with Gasteiger partial charge >= 0.3 is 5.97 Å². The van der Waals surface area contributed by atoms with Gasteiger partial charge in [-0.3, -0.25) is 0 Å². The van der Waals surface area contributed by atoms with Crippen LogP contribution >= 0.6 is 0 Å². The second kappa shape index (κ2) is 7.51. The molecule has 3 aromatic rings. The topological polar surface area (TPSA) is 90.3 Å². The molecule has 0 aliphatic heterocycles. The number of esters is 1. The van der Waals surface area contributed by atoms with E-state index >= 15 is 0 Å². The molecule has 134 valence electrons. The third-order valence-electron chi connectivity index (χ3n) is 3.72. The zero-order valence-electron chi connectivity index (χ0n) is 14.0. The number of carbonyl (C=O) groups is 1. The van der Waals surface area contributed by atoms with E-state index in [1.165, 1.54) is 31.3 Å². The highest BCUT2D eigenvalue weighted by molar-refractivity contribution is 7.89. The fraction of sp³-hybridized carbons (Fsp3) is 0.111. The van der Waals surface area contributed by atoms with Gasteiger partial charge in [-0.05, 0) is 49.0 Å². The lowest BCUT2D eigenvalue weighted by Crippen LogP contribution is -2.19. The number of rotatable bonds is 6. The molecule has 0 amide bonds. The summed E-state index contributed by atoms with van der Waals surface area (Å²) in [6, 6.07) is 15.0. The van der Waals surface area contributed by atoms with Crippen molar-refractivity contribution in [2.24, 2.45) is 0 Å². The Morgan fingerprint density at radius 1 is 1.15 bits per heavy atom. The quantitative estimate of drug-likeness (QED) is 0.671. The Hall–Kier alpha value is -2.97.